The van der Waals surface area contributed by atoms with Gasteiger partial charge in [-0.05, 0) is 195 Å². The molecule has 32 nitrogen and oxygen atoms in total. The molecule has 129 heavy (non-hydrogen) atoms. The molecule has 0 fully saturated rings. The summed E-state index contributed by atoms with van der Waals surface area (Å²) < 4.78 is 52.2. The summed E-state index contributed by atoms with van der Waals surface area (Å²) in [6, 6.07) is 10.8. The fourth-order valence-electron chi connectivity index (χ4n) is 13.4. The Labute approximate surface area is 769 Å². The molecule has 8 N–H and O–H groups in total. The fourth-order valence-corrected chi connectivity index (χ4v) is 14.3. The van der Waals surface area contributed by atoms with Gasteiger partial charge in [0.2, 0.25) is 17.7 Å². The number of ether oxygens (including phenoxy) is 7. The van der Waals surface area contributed by atoms with E-state index in [0.717, 1.165) is 12.4 Å². The Morgan fingerprint density at radius 2 is 0.798 bits per heavy atom. The van der Waals surface area contributed by atoms with E-state index < -0.39 is 89.8 Å². The number of ketones is 1. The molecule has 0 saturated carbocycles. The van der Waals surface area contributed by atoms with Gasteiger partial charge in [-0.25, -0.2) is 19.2 Å². The van der Waals surface area contributed by atoms with Crippen molar-refractivity contribution in [1.29, 1.82) is 0 Å². The normalized spacial score (nSPS) is 13.2. The van der Waals surface area contributed by atoms with E-state index in [-0.39, 0.29) is 156 Å². The van der Waals surface area contributed by atoms with Crippen LogP contribution >= 0.6 is 7.80 Å². The number of methoxy groups -OCH3 is 1. The molecule has 2 aromatic heterocycles. The molecule has 0 aliphatic carbocycles. The molecule has 34 heteroatoms. The van der Waals surface area contributed by atoms with Gasteiger partial charge in [-0.1, -0.05) is 53.7 Å². The molecule has 3 aromatic rings. The number of carbonyl (C=O) groups is 12. The third-order valence-electron chi connectivity index (χ3n) is 19.9. The van der Waals surface area contributed by atoms with Crippen LogP contribution in [0.15, 0.2) is 48.5 Å². The Bertz CT molecular complexity index is 4070. The molecular weight excluding hydrogens is 1670 g/mol. The number of benzene rings is 1. The van der Waals surface area contributed by atoms with Gasteiger partial charge in [-0.3, -0.25) is 24.0 Å². The summed E-state index contributed by atoms with van der Waals surface area (Å²) in [5, 5.41) is 24.1. The van der Waals surface area contributed by atoms with Crippen LogP contribution in [-0.2, 0) is 109 Å². The Balaban J connectivity index is 1.62. The summed E-state index contributed by atoms with van der Waals surface area (Å²) in [4.78, 5) is 172. The fraction of sp³-hybridized carbons (Fsp3) is 0.705. The zero-order chi connectivity index (χ0) is 97.1. The Morgan fingerprint density at radius 3 is 1.21 bits per heavy atom. The van der Waals surface area contributed by atoms with Crippen LogP contribution < -0.4 is 57.3 Å². The minimum absolute atomic E-state index is 0.00108. The first kappa shape index (κ1) is 114. The second-order valence-corrected chi connectivity index (χ2v) is 42.1. The van der Waals surface area contributed by atoms with Gasteiger partial charge in [0.05, 0.1) is 7.11 Å². The standard InChI is InChI=1S/C95H156BN12O20P/c1-65(109)60-107(61-72-74(123-64-66-38-44-69(122-23)45-39-66)48-40-67(101-72)42-50-81(113)100-57-33-29-37-79(111)98-56-32-28-35-77(90(5,6)7)106-88(120)104-71(86(118)128-95(20,21)22)47-53-83(115)125-92(11,12)13)58-59-108(63-84(116)126-93(14,15)16)62-73-75(129(24)96-121)49-41-68(102-73)43-51-80(112)99-54-30-25-26-36-78(110)97-55-31-27-34-76(89(2,3)4)105-87(119)103-70(85(117)127-94(17,18)19)46-52-82(114)124-91(8,9)10/h38-41,44-45,48-49,70-71,76-77H,25-37,42-43,46-47,50-64H2,1-24H3,(H,97,110)(H,98,111)(H,99,112)(H,100,113)(H2,103,105,119)(H2,104,106,120)/t70-,71-,76-,77-,129?/m0/s1. The van der Waals surface area contributed by atoms with Crippen molar-refractivity contribution in [2.24, 2.45) is 10.8 Å². The number of hydrogen-bond acceptors (Lipinski definition) is 24. The maximum Gasteiger partial charge on any atom is -0.0196 e. The Hall–Kier alpha value is -9.23. The van der Waals surface area contributed by atoms with Crippen LogP contribution in [0, 0.1) is 10.8 Å². The van der Waals surface area contributed by atoms with Crippen molar-refractivity contribution < 1.29 is 95.4 Å². The predicted octanol–water partition coefficient (Wildman–Crippen LogP) is 12.5. The quantitative estimate of drug-likeness (QED) is 0.00855. The van der Waals surface area contributed by atoms with Gasteiger partial charge in [0.15, 0.2) is 0 Å². The van der Waals surface area contributed by atoms with Crippen LogP contribution in [0.1, 0.15) is 303 Å². The number of unbranched alkanes of at least 4 members (excludes halogenated alkanes) is 5. The van der Waals surface area contributed by atoms with Crippen molar-refractivity contribution in [3.63, 3.8) is 0 Å². The summed E-state index contributed by atoms with van der Waals surface area (Å²) in [6.45, 7) is 44.7. The number of urea groups is 2. The van der Waals surface area contributed by atoms with Gasteiger partial charge >= 0.3 is 285 Å². The van der Waals surface area contributed by atoms with E-state index in [1.165, 1.54) is 6.92 Å². The van der Waals surface area contributed by atoms with E-state index in [2.05, 4.69) is 42.5 Å². The SMILES string of the molecule is COc1ccc(COc2ccc(CCC(=O)NCCCCC(=O)NCCCC[C@H](NC(=O)N[C@@H](CCC(=O)OC(C)(C)C)C(=O)OC(C)(C)C)C(C)(C)C)nc2CN(CCN(CC(=O)OC(C)(C)C)Cc2nc(CCC(=O)NCCCCCC(=O)NCCCC[C@H](NC(=O)N[C@@H](CCC(=O)OC(C)(C)C)C(=O)OC(C)(C)C)C(C)(C)C)ccc2P(C)B=O)CC(C)=O)cc1. The molecule has 0 radical (unpaired) electrons. The second kappa shape index (κ2) is 55.8. The van der Waals surface area contributed by atoms with E-state index in [9.17, 15) is 62.2 Å². The number of nitrogens with one attached hydrogen (secondary N) is 8. The van der Waals surface area contributed by atoms with E-state index in [1.807, 2.05) is 94.4 Å². The summed E-state index contributed by atoms with van der Waals surface area (Å²) >= 11 is 0. The van der Waals surface area contributed by atoms with Crippen LogP contribution in [0.3, 0.4) is 0 Å². The first-order valence-corrected chi connectivity index (χ1v) is 47.5. The molecule has 5 atom stereocenters. The molecule has 0 spiro atoms. The third kappa shape index (κ3) is 53.0. The van der Waals surface area contributed by atoms with Crippen LogP contribution in [0.5, 0.6) is 11.5 Å². The van der Waals surface area contributed by atoms with Gasteiger partial charge in [-0.15, -0.1) is 0 Å². The molecule has 8 amide bonds. The molecule has 1 aromatic carbocycles. The molecule has 3 rings (SSSR count). The van der Waals surface area contributed by atoms with Gasteiger partial charge in [0.25, 0.3) is 0 Å². The number of rotatable bonds is 56. The van der Waals surface area contributed by atoms with Crippen molar-refractivity contribution >= 4 is 91.3 Å². The average Bonchev–Trinajstić information content (AvgIpc) is 1.16. The van der Waals surface area contributed by atoms with Crippen LogP contribution in [0.4, 0.5) is 9.59 Å². The van der Waals surface area contributed by atoms with Crippen molar-refractivity contribution in [3.05, 3.63) is 76.9 Å². The summed E-state index contributed by atoms with van der Waals surface area (Å²) in [6.07, 6.45) is 8.10. The first-order chi connectivity index (χ1) is 60.0. The number of hydrogen-bond donors (Lipinski definition) is 8. The van der Waals surface area contributed by atoms with Gasteiger partial charge in [0, 0.05) is 63.8 Å². The molecule has 2 heterocycles. The number of carbonyl (C=O) groups excluding carboxylic acids is 12. The predicted molar refractivity (Wildman–Crippen MR) is 500 cm³/mol. The van der Waals surface area contributed by atoms with Gasteiger partial charge in [0.1, 0.15) is 46.8 Å². The Kier molecular flexibility index (Phi) is 49.3. The second-order valence-electron chi connectivity index (χ2n) is 40.2. The largest absolute Gasteiger partial charge is 0.0519 e. The van der Waals surface area contributed by atoms with Crippen molar-refractivity contribution in [3.8, 4) is 11.5 Å². The first-order valence-electron chi connectivity index (χ1n) is 45.6. The zero-order valence-electron chi connectivity index (χ0n) is 82.0. The monoisotopic (exact) mass is 1830 g/mol. The maximum atomic E-state index is 13.8. The van der Waals surface area contributed by atoms with Crippen molar-refractivity contribution in [2.45, 2.75) is 359 Å². The molecular formula is C95H156BN12O20P. The van der Waals surface area contributed by atoms with Crippen molar-refractivity contribution in [2.75, 3.05) is 66.1 Å². The minimum atomic E-state index is -1.34. The maximum absolute atomic E-state index is 13.8. The average molecular weight is 1830 g/mol. The summed E-state index contributed by atoms with van der Waals surface area (Å²) in [7, 11) is 0.249. The van der Waals surface area contributed by atoms with Gasteiger partial charge < -0.3 is 60.9 Å². The van der Waals surface area contributed by atoms with E-state index in [4.69, 9.17) is 43.1 Å². The number of pyridine rings is 2. The number of amides is 8. The Morgan fingerprint density at radius 1 is 0.419 bits per heavy atom. The molecule has 1 unspecified atom stereocenters. The molecule has 0 bridgehead atoms. The van der Waals surface area contributed by atoms with Crippen molar-refractivity contribution in [1.82, 2.24) is 62.3 Å². The molecule has 0 aliphatic rings. The van der Waals surface area contributed by atoms with Gasteiger partial charge in [-0.2, -0.15) is 0 Å². The number of nitrogens with zero attached hydrogens (tertiary/aromatic N) is 4. The summed E-state index contributed by atoms with van der Waals surface area (Å²) in [5.41, 5.74) is -1.46. The van der Waals surface area contributed by atoms with Crippen LogP contribution in [-0.4, -0.2) is 216 Å². The number of aryl methyl sites for hydroxylation is 2. The number of aromatic nitrogens is 2. The number of Topliss-reactive ketones (excluding diaryl/α,β-unsaturated/α-hetero) is 1. The third-order valence-corrected chi connectivity index (χ3v) is 21.3. The van der Waals surface area contributed by atoms with Crippen LogP contribution in [0.2, 0.25) is 0 Å². The summed E-state index contributed by atoms with van der Waals surface area (Å²) in [5.74, 6) is -2.40. The topological polar surface area (TPSA) is 415 Å². The van der Waals surface area contributed by atoms with Crippen LogP contribution in [0.25, 0.3) is 0 Å². The molecule has 0 aliphatic heterocycles. The zero-order valence-corrected chi connectivity index (χ0v) is 82.9. The molecule has 0 saturated heterocycles. The smallest absolute Gasteiger partial charge is 0.0196 e. The van der Waals surface area contributed by atoms with E-state index in [1.54, 1.807) is 123 Å². The number of esters is 5. The van der Waals surface area contributed by atoms with E-state index in [0.29, 0.717) is 143 Å². The minimum Gasteiger partial charge on any atom is -0.0519 e. The van der Waals surface area contributed by atoms with E-state index >= 15 is 0 Å². The molecule has 724 valence electrons.